The van der Waals surface area contributed by atoms with Gasteiger partial charge in [0.15, 0.2) is 0 Å². The lowest BCUT2D eigenvalue weighted by atomic mass is 9.91. The molecule has 3 nitrogen and oxygen atoms in total. The molecule has 0 aliphatic carbocycles. The normalized spacial score (nSPS) is 12.7. The van der Waals surface area contributed by atoms with Gasteiger partial charge < -0.3 is 9.22 Å². The largest absolute Gasteiger partial charge is 0.459 e. The minimum atomic E-state index is -0.344. The molecule has 0 aromatic rings. The monoisotopic (exact) mass is 216 g/mol. The zero-order chi connectivity index (χ0) is 12.1. The molecule has 0 fully saturated rings. The molecule has 15 heavy (non-hydrogen) atoms. The van der Waals surface area contributed by atoms with Gasteiger partial charge in [0.1, 0.15) is 13.2 Å². The molecule has 0 amide bonds. The highest BCUT2D eigenvalue weighted by molar-refractivity contribution is 5.75. The Bertz CT molecular complexity index is 210. The van der Waals surface area contributed by atoms with E-state index in [0.29, 0.717) is 6.61 Å². The van der Waals surface area contributed by atoms with E-state index in [1.54, 1.807) is 0 Å². The summed E-state index contributed by atoms with van der Waals surface area (Å²) < 4.78 is 6.17. The smallest absolute Gasteiger partial charge is 0.311 e. The number of nitrogens with zero attached hydrogens (tertiary/aromatic N) is 1. The third-order valence-corrected chi connectivity index (χ3v) is 3.22. The third kappa shape index (κ3) is 5.17. The molecule has 3 heteroatoms. The van der Waals surface area contributed by atoms with Crippen molar-refractivity contribution in [3.05, 3.63) is 0 Å². The Morgan fingerprint density at radius 3 is 2.20 bits per heavy atom. The van der Waals surface area contributed by atoms with Crippen LogP contribution < -0.4 is 0 Å². The number of hydrogen-bond acceptors (Lipinski definition) is 2. The lowest BCUT2D eigenvalue weighted by Gasteiger charge is -2.28. The summed E-state index contributed by atoms with van der Waals surface area (Å²) in [5, 5.41) is 0. The van der Waals surface area contributed by atoms with Gasteiger partial charge in [-0.15, -0.1) is 0 Å². The highest BCUT2D eigenvalue weighted by Gasteiger charge is 2.27. The van der Waals surface area contributed by atoms with Crippen LogP contribution in [0.2, 0.25) is 0 Å². The number of esters is 1. The first-order chi connectivity index (χ1) is 6.75. The molecule has 0 atom stereocenters. The van der Waals surface area contributed by atoms with E-state index in [0.717, 1.165) is 24.0 Å². The van der Waals surface area contributed by atoms with Crippen molar-refractivity contribution in [3.8, 4) is 0 Å². The molecule has 90 valence electrons. The van der Waals surface area contributed by atoms with Gasteiger partial charge in [0.2, 0.25) is 0 Å². The Hall–Kier alpha value is -0.570. The summed E-state index contributed by atoms with van der Waals surface area (Å²) in [6, 6.07) is 0. The fraction of sp³-hybridized carbons (Fsp3) is 0.917. The van der Waals surface area contributed by atoms with Crippen LogP contribution in [0.25, 0.3) is 0 Å². The van der Waals surface area contributed by atoms with E-state index in [1.807, 2.05) is 20.8 Å². The van der Waals surface area contributed by atoms with Crippen LogP contribution in [-0.4, -0.2) is 44.2 Å². The molecule has 0 heterocycles. The van der Waals surface area contributed by atoms with Crippen LogP contribution in [0.5, 0.6) is 0 Å². The number of likely N-dealkylation sites (N-methyl/N-ethyl adjacent to an activating group) is 1. The van der Waals surface area contributed by atoms with Crippen molar-refractivity contribution in [1.82, 2.24) is 0 Å². The van der Waals surface area contributed by atoms with E-state index in [4.69, 9.17) is 4.74 Å². The number of quaternary nitrogens is 1. The molecule has 0 aliphatic heterocycles. The van der Waals surface area contributed by atoms with Crippen LogP contribution >= 0.6 is 0 Å². The van der Waals surface area contributed by atoms with Crippen LogP contribution in [-0.2, 0) is 9.53 Å². The van der Waals surface area contributed by atoms with E-state index in [9.17, 15) is 4.79 Å². The Kier molecular flexibility index (Phi) is 5.29. The van der Waals surface area contributed by atoms with Gasteiger partial charge in [-0.25, -0.2) is 0 Å². The Morgan fingerprint density at radius 1 is 1.27 bits per heavy atom. The lowest BCUT2D eigenvalue weighted by Crippen LogP contribution is -2.42. The first kappa shape index (κ1) is 14.4. The highest BCUT2D eigenvalue weighted by Crippen LogP contribution is 2.21. The predicted molar refractivity (Wildman–Crippen MR) is 62.5 cm³/mol. The molecule has 0 rings (SSSR count). The van der Waals surface area contributed by atoms with Gasteiger partial charge in [0.25, 0.3) is 0 Å². The van der Waals surface area contributed by atoms with Gasteiger partial charge >= 0.3 is 5.97 Å². The number of rotatable bonds is 6. The van der Waals surface area contributed by atoms with Crippen molar-refractivity contribution in [2.75, 3.05) is 33.8 Å². The van der Waals surface area contributed by atoms with Crippen LogP contribution in [0.3, 0.4) is 0 Å². The van der Waals surface area contributed by atoms with Crippen molar-refractivity contribution < 1.29 is 14.0 Å². The van der Waals surface area contributed by atoms with E-state index in [-0.39, 0.29) is 11.4 Å². The fourth-order valence-corrected chi connectivity index (χ4v) is 0.883. The number of carbonyl (C=O) groups is 1. The van der Waals surface area contributed by atoms with Gasteiger partial charge in [-0.05, 0) is 27.2 Å². The number of ether oxygens (including phenoxy) is 1. The molecule has 0 radical (unpaired) electrons. The summed E-state index contributed by atoms with van der Waals surface area (Å²) in [5.74, 6) is -0.0823. The first-order valence-corrected chi connectivity index (χ1v) is 5.74. The predicted octanol–water partition coefficient (Wildman–Crippen LogP) is 2.06. The average molecular weight is 216 g/mol. The first-order valence-electron chi connectivity index (χ1n) is 5.74. The zero-order valence-electron chi connectivity index (χ0n) is 11.1. The van der Waals surface area contributed by atoms with E-state index < -0.39 is 0 Å². The van der Waals surface area contributed by atoms with Gasteiger partial charge in [-0.2, -0.15) is 0 Å². The van der Waals surface area contributed by atoms with Crippen molar-refractivity contribution in [1.29, 1.82) is 0 Å². The molecule has 0 aromatic heterocycles. The lowest BCUT2D eigenvalue weighted by molar-refractivity contribution is -0.888. The molecular weight excluding hydrogens is 190 g/mol. The summed E-state index contributed by atoms with van der Waals surface area (Å²) in [6.45, 7) is 10.4. The fourth-order valence-electron chi connectivity index (χ4n) is 0.883. The second-order valence-corrected chi connectivity index (χ2v) is 5.35. The molecule has 0 saturated heterocycles. The Morgan fingerprint density at radius 2 is 1.80 bits per heavy atom. The Labute approximate surface area is 94.0 Å². The minimum Gasteiger partial charge on any atom is -0.459 e. The van der Waals surface area contributed by atoms with Crippen LogP contribution in [0.1, 0.15) is 34.1 Å². The SMILES string of the molecule is CCC(C)(C)C(=O)OCC[N+](C)(C)CC. The summed E-state index contributed by atoms with van der Waals surface area (Å²) in [4.78, 5) is 11.6. The van der Waals surface area contributed by atoms with E-state index in [1.165, 1.54) is 0 Å². The minimum absolute atomic E-state index is 0.0823. The second-order valence-electron chi connectivity index (χ2n) is 5.35. The van der Waals surface area contributed by atoms with E-state index in [2.05, 4.69) is 21.0 Å². The third-order valence-electron chi connectivity index (χ3n) is 3.22. The van der Waals surface area contributed by atoms with Crippen molar-refractivity contribution in [2.24, 2.45) is 5.41 Å². The molecular formula is C12H26NO2+. The highest BCUT2D eigenvalue weighted by atomic mass is 16.5. The maximum absolute atomic E-state index is 11.6. The molecule has 0 spiro atoms. The summed E-state index contributed by atoms with van der Waals surface area (Å²) in [5.41, 5.74) is -0.344. The molecule has 0 unspecified atom stereocenters. The van der Waals surface area contributed by atoms with Crippen LogP contribution in [0, 0.1) is 5.41 Å². The maximum atomic E-state index is 11.6. The van der Waals surface area contributed by atoms with Gasteiger partial charge in [-0.3, -0.25) is 4.79 Å². The van der Waals surface area contributed by atoms with Gasteiger partial charge in [0.05, 0.1) is 26.1 Å². The second kappa shape index (κ2) is 5.50. The van der Waals surface area contributed by atoms with Gasteiger partial charge in [-0.1, -0.05) is 6.92 Å². The molecule has 0 bridgehead atoms. The summed E-state index contributed by atoms with van der Waals surface area (Å²) in [6.07, 6.45) is 0.817. The van der Waals surface area contributed by atoms with Gasteiger partial charge in [0, 0.05) is 0 Å². The number of carbonyl (C=O) groups excluding carboxylic acids is 1. The Balaban J connectivity index is 3.93. The average Bonchev–Trinajstić information content (AvgIpc) is 2.17. The van der Waals surface area contributed by atoms with E-state index >= 15 is 0 Å². The summed E-state index contributed by atoms with van der Waals surface area (Å²) >= 11 is 0. The topological polar surface area (TPSA) is 26.3 Å². The van der Waals surface area contributed by atoms with Crippen molar-refractivity contribution in [3.63, 3.8) is 0 Å². The number of hydrogen-bond donors (Lipinski definition) is 0. The molecule has 0 aliphatic rings. The quantitative estimate of drug-likeness (QED) is 0.502. The maximum Gasteiger partial charge on any atom is 0.311 e. The van der Waals surface area contributed by atoms with Crippen LogP contribution in [0.4, 0.5) is 0 Å². The standard InChI is InChI=1S/C12H26NO2/c1-7-12(3,4)11(14)15-10-9-13(5,6)8-2/h7-10H2,1-6H3/q+1. The van der Waals surface area contributed by atoms with Crippen molar-refractivity contribution >= 4 is 5.97 Å². The molecule has 0 saturated carbocycles. The molecule has 0 aromatic carbocycles. The van der Waals surface area contributed by atoms with Crippen molar-refractivity contribution in [2.45, 2.75) is 34.1 Å². The summed E-state index contributed by atoms with van der Waals surface area (Å²) in [7, 11) is 4.28. The zero-order valence-corrected chi connectivity index (χ0v) is 11.1. The molecule has 0 N–H and O–H groups in total. The van der Waals surface area contributed by atoms with Crippen LogP contribution in [0.15, 0.2) is 0 Å².